The molecule has 0 aliphatic carbocycles. The van der Waals surface area contributed by atoms with Crippen molar-refractivity contribution >= 4 is 34.9 Å². The van der Waals surface area contributed by atoms with Crippen LogP contribution in [-0.4, -0.2) is 53.9 Å². The van der Waals surface area contributed by atoms with Gasteiger partial charge in [-0.25, -0.2) is 0 Å². The fourth-order valence-corrected chi connectivity index (χ4v) is 3.64. The van der Waals surface area contributed by atoms with Crippen LogP contribution in [0.1, 0.15) is 29.6 Å². The summed E-state index contributed by atoms with van der Waals surface area (Å²) >= 11 is 3.22. The minimum absolute atomic E-state index is 0.0253. The standard InChI is InChI=1S/C15H23N3O2S2/c1-21-8-5-13(16)15(20)18-6-2-12(3-7-18)17-14(19)11-4-9-22-10-11/h4,9-10,12-13H,2-3,5-8,16H2,1H3,(H,17,19)/t13-/m0/s1. The number of likely N-dealkylation sites (tertiary alicyclic amines) is 1. The van der Waals surface area contributed by atoms with Gasteiger partial charge in [-0.15, -0.1) is 0 Å². The molecule has 0 spiro atoms. The number of nitrogens with one attached hydrogen (secondary N) is 1. The second kappa shape index (κ2) is 8.55. The highest BCUT2D eigenvalue weighted by atomic mass is 32.2. The molecule has 1 aliphatic rings. The van der Waals surface area contributed by atoms with Crippen LogP contribution < -0.4 is 11.1 Å². The molecular weight excluding hydrogens is 318 g/mol. The molecule has 1 aromatic rings. The van der Waals surface area contributed by atoms with Crippen molar-refractivity contribution in [3.05, 3.63) is 22.4 Å². The Morgan fingerprint density at radius 1 is 1.50 bits per heavy atom. The van der Waals surface area contributed by atoms with Crippen LogP contribution in [0, 0.1) is 0 Å². The molecule has 1 atom stereocenters. The topological polar surface area (TPSA) is 75.4 Å². The molecule has 0 saturated carbocycles. The Balaban J connectivity index is 1.75. The molecule has 1 aromatic heterocycles. The van der Waals surface area contributed by atoms with Crippen LogP contribution in [-0.2, 0) is 4.79 Å². The lowest BCUT2D eigenvalue weighted by Gasteiger charge is -2.33. The van der Waals surface area contributed by atoms with E-state index in [1.807, 2.05) is 28.0 Å². The number of thioether (sulfide) groups is 1. The van der Waals surface area contributed by atoms with Crippen LogP contribution in [0.2, 0.25) is 0 Å². The summed E-state index contributed by atoms with van der Waals surface area (Å²) in [5, 5.41) is 6.78. The number of hydrogen-bond acceptors (Lipinski definition) is 5. The summed E-state index contributed by atoms with van der Waals surface area (Å²) in [6.07, 6.45) is 4.31. The molecule has 0 unspecified atom stereocenters. The van der Waals surface area contributed by atoms with E-state index in [2.05, 4.69) is 5.32 Å². The number of hydrogen-bond donors (Lipinski definition) is 2. The average molecular weight is 342 g/mol. The number of carbonyl (C=O) groups is 2. The normalized spacial score (nSPS) is 17.3. The fourth-order valence-electron chi connectivity index (χ4n) is 2.51. The summed E-state index contributed by atoms with van der Waals surface area (Å²) in [7, 11) is 0. The summed E-state index contributed by atoms with van der Waals surface area (Å²) in [5.41, 5.74) is 6.65. The molecule has 2 rings (SSSR count). The van der Waals surface area contributed by atoms with E-state index in [9.17, 15) is 9.59 Å². The van der Waals surface area contributed by atoms with Gasteiger partial charge in [-0.3, -0.25) is 9.59 Å². The summed E-state index contributed by atoms with van der Waals surface area (Å²) in [6.45, 7) is 1.33. The van der Waals surface area contributed by atoms with Crippen molar-refractivity contribution in [1.29, 1.82) is 0 Å². The first-order chi connectivity index (χ1) is 10.6. The SMILES string of the molecule is CSCC[C@H](N)C(=O)N1CCC(NC(=O)c2ccsc2)CC1. The highest BCUT2D eigenvalue weighted by molar-refractivity contribution is 7.98. The van der Waals surface area contributed by atoms with Gasteiger partial charge >= 0.3 is 0 Å². The Hall–Kier alpha value is -1.05. The highest BCUT2D eigenvalue weighted by Crippen LogP contribution is 2.14. The van der Waals surface area contributed by atoms with E-state index in [-0.39, 0.29) is 17.9 Å². The van der Waals surface area contributed by atoms with Crippen molar-refractivity contribution in [3.63, 3.8) is 0 Å². The van der Waals surface area contributed by atoms with Crippen molar-refractivity contribution in [1.82, 2.24) is 10.2 Å². The quantitative estimate of drug-likeness (QED) is 0.823. The molecule has 2 amide bonds. The number of carbonyl (C=O) groups excluding carboxylic acids is 2. The monoisotopic (exact) mass is 341 g/mol. The minimum Gasteiger partial charge on any atom is -0.349 e. The van der Waals surface area contributed by atoms with E-state index in [4.69, 9.17) is 5.73 Å². The number of nitrogens with two attached hydrogens (primary N) is 1. The lowest BCUT2D eigenvalue weighted by atomic mass is 10.0. The molecule has 22 heavy (non-hydrogen) atoms. The second-order valence-corrected chi connectivity index (χ2v) is 7.24. The Labute approximate surface area is 139 Å². The van der Waals surface area contributed by atoms with Crippen LogP contribution in [0.3, 0.4) is 0 Å². The molecule has 0 radical (unpaired) electrons. The van der Waals surface area contributed by atoms with Gasteiger partial charge in [-0.05, 0) is 42.7 Å². The molecule has 1 fully saturated rings. The van der Waals surface area contributed by atoms with Crippen molar-refractivity contribution in [2.45, 2.75) is 31.3 Å². The maximum Gasteiger partial charge on any atom is 0.252 e. The number of amides is 2. The summed E-state index contributed by atoms with van der Waals surface area (Å²) < 4.78 is 0. The highest BCUT2D eigenvalue weighted by Gasteiger charge is 2.26. The molecule has 1 aliphatic heterocycles. The zero-order chi connectivity index (χ0) is 15.9. The van der Waals surface area contributed by atoms with E-state index < -0.39 is 6.04 Å². The zero-order valence-electron chi connectivity index (χ0n) is 12.8. The fraction of sp³-hybridized carbons (Fsp3) is 0.600. The third kappa shape index (κ3) is 4.72. The molecule has 3 N–H and O–H groups in total. The first-order valence-corrected chi connectivity index (χ1v) is 9.82. The van der Waals surface area contributed by atoms with E-state index >= 15 is 0 Å². The average Bonchev–Trinajstić information content (AvgIpc) is 3.07. The Bertz CT molecular complexity index is 485. The van der Waals surface area contributed by atoms with E-state index in [1.165, 1.54) is 11.3 Å². The molecule has 122 valence electrons. The Morgan fingerprint density at radius 3 is 2.82 bits per heavy atom. The lowest BCUT2D eigenvalue weighted by molar-refractivity contribution is -0.133. The third-order valence-electron chi connectivity index (χ3n) is 3.88. The molecule has 0 bridgehead atoms. The van der Waals surface area contributed by atoms with E-state index in [0.717, 1.165) is 25.0 Å². The van der Waals surface area contributed by atoms with Gasteiger partial charge in [-0.2, -0.15) is 23.1 Å². The number of nitrogens with zero attached hydrogens (tertiary/aromatic N) is 1. The zero-order valence-corrected chi connectivity index (χ0v) is 14.4. The van der Waals surface area contributed by atoms with Crippen LogP contribution in [0.5, 0.6) is 0 Å². The maximum atomic E-state index is 12.2. The van der Waals surface area contributed by atoms with Gasteiger partial charge in [0.1, 0.15) is 0 Å². The summed E-state index contributed by atoms with van der Waals surface area (Å²) in [6, 6.07) is 1.56. The van der Waals surface area contributed by atoms with Crippen LogP contribution >= 0.6 is 23.1 Å². The smallest absolute Gasteiger partial charge is 0.252 e. The van der Waals surface area contributed by atoms with Crippen molar-refractivity contribution in [3.8, 4) is 0 Å². The number of rotatable bonds is 6. The molecule has 0 aromatic carbocycles. The van der Waals surface area contributed by atoms with E-state index in [0.29, 0.717) is 18.7 Å². The predicted octanol–water partition coefficient (Wildman–Crippen LogP) is 1.55. The molecule has 5 nitrogen and oxygen atoms in total. The maximum absolute atomic E-state index is 12.2. The van der Waals surface area contributed by atoms with Crippen molar-refractivity contribution in [2.75, 3.05) is 25.1 Å². The Kier molecular flexibility index (Phi) is 6.72. The minimum atomic E-state index is -0.399. The lowest BCUT2D eigenvalue weighted by Crippen LogP contribution is -2.51. The van der Waals surface area contributed by atoms with Crippen LogP contribution in [0.4, 0.5) is 0 Å². The largest absolute Gasteiger partial charge is 0.349 e. The summed E-state index contributed by atoms with van der Waals surface area (Å²) in [4.78, 5) is 26.1. The first-order valence-electron chi connectivity index (χ1n) is 7.48. The van der Waals surface area contributed by atoms with Crippen molar-refractivity contribution < 1.29 is 9.59 Å². The van der Waals surface area contributed by atoms with Gasteiger partial charge in [0, 0.05) is 30.1 Å². The van der Waals surface area contributed by atoms with Gasteiger partial charge in [-0.1, -0.05) is 0 Å². The Morgan fingerprint density at radius 2 is 2.23 bits per heavy atom. The van der Waals surface area contributed by atoms with Crippen molar-refractivity contribution in [2.24, 2.45) is 5.73 Å². The first kappa shape index (κ1) is 17.3. The van der Waals surface area contributed by atoms with Gasteiger partial charge in [0.15, 0.2) is 0 Å². The number of thiophene rings is 1. The third-order valence-corrected chi connectivity index (χ3v) is 5.20. The van der Waals surface area contributed by atoms with Crippen LogP contribution in [0.15, 0.2) is 16.8 Å². The summed E-state index contributed by atoms with van der Waals surface area (Å²) in [5.74, 6) is 0.916. The molecule has 7 heteroatoms. The van der Waals surface area contributed by atoms with E-state index in [1.54, 1.807) is 11.8 Å². The van der Waals surface area contributed by atoms with Gasteiger partial charge in [0.2, 0.25) is 5.91 Å². The molecule has 1 saturated heterocycles. The second-order valence-electron chi connectivity index (χ2n) is 5.47. The molecular formula is C15H23N3O2S2. The predicted molar refractivity (Wildman–Crippen MR) is 92.4 cm³/mol. The van der Waals surface area contributed by atoms with Gasteiger partial charge in [0.25, 0.3) is 5.91 Å². The van der Waals surface area contributed by atoms with Crippen LogP contribution in [0.25, 0.3) is 0 Å². The number of piperidine rings is 1. The molecule has 2 heterocycles. The van der Waals surface area contributed by atoms with Gasteiger partial charge < -0.3 is 16.0 Å². The van der Waals surface area contributed by atoms with Gasteiger partial charge in [0.05, 0.1) is 6.04 Å².